The van der Waals surface area contributed by atoms with E-state index in [1.165, 1.54) is 0 Å². The van der Waals surface area contributed by atoms with Gasteiger partial charge in [0.1, 0.15) is 0 Å². The van der Waals surface area contributed by atoms with Crippen molar-refractivity contribution < 1.29 is 4.79 Å². The summed E-state index contributed by atoms with van der Waals surface area (Å²) in [6.45, 7) is 0. The van der Waals surface area contributed by atoms with Gasteiger partial charge in [0, 0.05) is 17.7 Å². The summed E-state index contributed by atoms with van der Waals surface area (Å²) < 4.78 is 0. The summed E-state index contributed by atoms with van der Waals surface area (Å²) in [5, 5.41) is 0. The van der Waals surface area contributed by atoms with E-state index in [1.54, 1.807) is 0 Å². The number of nitrogens with two attached hydrogens (primary N) is 1. The zero-order valence-electron chi connectivity index (χ0n) is 5.42. The zero-order valence-corrected chi connectivity index (χ0v) is 5.42. The molecular formula is C8H7NO. The number of ketones is 1. The van der Waals surface area contributed by atoms with Gasteiger partial charge in [0.2, 0.25) is 0 Å². The minimum absolute atomic E-state index is 0.210. The lowest BCUT2D eigenvalue weighted by atomic mass is 9.86. The highest BCUT2D eigenvalue weighted by atomic mass is 16.1. The number of Topliss-reactive ketones (excluding diaryl/α,β-unsaturated/α-hetero) is 1. The molecule has 1 aliphatic rings. The number of fused-ring (bicyclic) bond motifs is 1. The molecule has 0 saturated heterocycles. The molecule has 1 aliphatic carbocycles. The van der Waals surface area contributed by atoms with Gasteiger partial charge in [0.25, 0.3) is 0 Å². The summed E-state index contributed by atoms with van der Waals surface area (Å²) in [4.78, 5) is 10.8. The predicted molar refractivity (Wildman–Crippen MR) is 38.9 cm³/mol. The Morgan fingerprint density at radius 3 is 2.80 bits per heavy atom. The molecule has 0 atom stereocenters. The van der Waals surface area contributed by atoms with Crippen molar-refractivity contribution in [3.05, 3.63) is 29.3 Å². The molecule has 0 fully saturated rings. The van der Waals surface area contributed by atoms with Crippen LogP contribution in [0.1, 0.15) is 15.9 Å². The average molecular weight is 133 g/mol. The number of benzene rings is 1. The fourth-order valence-corrected chi connectivity index (χ4v) is 1.21. The highest BCUT2D eigenvalue weighted by Gasteiger charge is 2.24. The van der Waals surface area contributed by atoms with Gasteiger partial charge in [-0.2, -0.15) is 0 Å². The summed E-state index contributed by atoms with van der Waals surface area (Å²) in [6, 6.07) is 5.45. The maximum atomic E-state index is 10.8. The Kier molecular flexibility index (Phi) is 0.873. The second kappa shape index (κ2) is 1.59. The Bertz CT molecular complexity index is 304. The van der Waals surface area contributed by atoms with Gasteiger partial charge in [-0.1, -0.05) is 12.1 Å². The number of carbonyl (C=O) groups excluding carboxylic acids is 1. The molecule has 10 heavy (non-hydrogen) atoms. The first kappa shape index (κ1) is 5.47. The van der Waals surface area contributed by atoms with E-state index in [9.17, 15) is 4.79 Å². The molecule has 0 aliphatic heterocycles. The molecule has 0 aromatic heterocycles. The van der Waals surface area contributed by atoms with Crippen LogP contribution in [-0.4, -0.2) is 5.78 Å². The van der Waals surface area contributed by atoms with Crippen LogP contribution in [0, 0.1) is 0 Å². The van der Waals surface area contributed by atoms with Crippen molar-refractivity contribution in [3.8, 4) is 0 Å². The van der Waals surface area contributed by atoms with Crippen LogP contribution < -0.4 is 5.73 Å². The summed E-state index contributed by atoms with van der Waals surface area (Å²) in [7, 11) is 0. The third-order valence-corrected chi connectivity index (χ3v) is 1.85. The van der Waals surface area contributed by atoms with Crippen molar-refractivity contribution in [2.45, 2.75) is 6.42 Å². The van der Waals surface area contributed by atoms with E-state index in [-0.39, 0.29) is 5.78 Å². The topological polar surface area (TPSA) is 43.1 Å². The molecule has 2 rings (SSSR count). The van der Waals surface area contributed by atoms with Gasteiger partial charge >= 0.3 is 0 Å². The van der Waals surface area contributed by atoms with Crippen LogP contribution >= 0.6 is 0 Å². The smallest absolute Gasteiger partial charge is 0.167 e. The number of nitrogen functional groups attached to an aromatic ring is 1. The molecule has 50 valence electrons. The van der Waals surface area contributed by atoms with Gasteiger partial charge in [-0.25, -0.2) is 0 Å². The van der Waals surface area contributed by atoms with Crippen LogP contribution in [0.5, 0.6) is 0 Å². The zero-order chi connectivity index (χ0) is 7.14. The van der Waals surface area contributed by atoms with E-state index in [2.05, 4.69) is 0 Å². The third-order valence-electron chi connectivity index (χ3n) is 1.85. The molecule has 0 spiro atoms. The second-order valence-electron chi connectivity index (χ2n) is 2.47. The van der Waals surface area contributed by atoms with E-state index >= 15 is 0 Å². The summed E-state index contributed by atoms with van der Waals surface area (Å²) >= 11 is 0. The highest BCUT2D eigenvalue weighted by Crippen LogP contribution is 2.27. The first-order valence-electron chi connectivity index (χ1n) is 3.19. The monoisotopic (exact) mass is 133 g/mol. The Morgan fingerprint density at radius 2 is 2.20 bits per heavy atom. The molecule has 0 bridgehead atoms. The van der Waals surface area contributed by atoms with Crippen LogP contribution in [0.3, 0.4) is 0 Å². The SMILES string of the molecule is Nc1cccc2c1CC2=O. The molecular weight excluding hydrogens is 126 g/mol. The second-order valence-corrected chi connectivity index (χ2v) is 2.47. The van der Waals surface area contributed by atoms with Crippen LogP contribution in [-0.2, 0) is 6.42 Å². The molecule has 1 aromatic rings. The number of anilines is 1. The highest BCUT2D eigenvalue weighted by molar-refractivity contribution is 6.08. The van der Waals surface area contributed by atoms with Crippen molar-refractivity contribution in [2.24, 2.45) is 0 Å². The van der Waals surface area contributed by atoms with Gasteiger partial charge in [0.05, 0.1) is 0 Å². The Morgan fingerprint density at radius 1 is 1.40 bits per heavy atom. The van der Waals surface area contributed by atoms with E-state index < -0.39 is 0 Å². The van der Waals surface area contributed by atoms with Crippen molar-refractivity contribution in [2.75, 3.05) is 5.73 Å². The molecule has 2 N–H and O–H groups in total. The van der Waals surface area contributed by atoms with Gasteiger partial charge in [-0.3, -0.25) is 4.79 Å². The molecule has 0 unspecified atom stereocenters. The first-order chi connectivity index (χ1) is 4.79. The quantitative estimate of drug-likeness (QED) is 0.536. The lowest BCUT2D eigenvalue weighted by Crippen LogP contribution is -2.20. The summed E-state index contributed by atoms with van der Waals surface area (Å²) in [5.74, 6) is 0.210. The minimum Gasteiger partial charge on any atom is -0.398 e. The number of carbonyl (C=O) groups is 1. The van der Waals surface area contributed by atoms with Crippen molar-refractivity contribution in [1.82, 2.24) is 0 Å². The van der Waals surface area contributed by atoms with Crippen LogP contribution in [0.2, 0.25) is 0 Å². The van der Waals surface area contributed by atoms with E-state index in [1.807, 2.05) is 18.2 Å². The van der Waals surface area contributed by atoms with Crippen LogP contribution in [0.25, 0.3) is 0 Å². The van der Waals surface area contributed by atoms with Gasteiger partial charge < -0.3 is 5.73 Å². The Balaban J connectivity index is 2.66. The average Bonchev–Trinajstić information content (AvgIpc) is 1.91. The number of hydrogen-bond donors (Lipinski definition) is 1. The maximum Gasteiger partial charge on any atom is 0.167 e. The fourth-order valence-electron chi connectivity index (χ4n) is 1.21. The molecule has 1 aromatic carbocycles. The van der Waals surface area contributed by atoms with Crippen molar-refractivity contribution in [1.29, 1.82) is 0 Å². The lowest BCUT2D eigenvalue weighted by Gasteiger charge is -2.18. The van der Waals surface area contributed by atoms with Crippen molar-refractivity contribution >= 4 is 11.5 Å². The number of rotatable bonds is 0. The molecule has 2 heteroatoms. The van der Waals surface area contributed by atoms with Crippen LogP contribution in [0.4, 0.5) is 5.69 Å². The number of hydrogen-bond acceptors (Lipinski definition) is 2. The standard InChI is InChI=1S/C8H7NO/c9-7-3-1-2-5-6(7)4-8(5)10/h1-3H,4,9H2. The molecule has 2 nitrogen and oxygen atoms in total. The normalized spacial score (nSPS) is 14.2. The largest absolute Gasteiger partial charge is 0.398 e. The molecule has 0 amide bonds. The van der Waals surface area contributed by atoms with E-state index in [0.29, 0.717) is 6.42 Å². The van der Waals surface area contributed by atoms with E-state index in [0.717, 1.165) is 16.8 Å². The first-order valence-corrected chi connectivity index (χ1v) is 3.19. The minimum atomic E-state index is 0.210. The predicted octanol–water partition coefficient (Wildman–Crippen LogP) is 1.01. The fraction of sp³-hybridized carbons (Fsp3) is 0.125. The van der Waals surface area contributed by atoms with Gasteiger partial charge in [0.15, 0.2) is 5.78 Å². The summed E-state index contributed by atoms with van der Waals surface area (Å²) in [6.07, 6.45) is 0.530. The molecule has 0 saturated carbocycles. The molecule has 0 radical (unpaired) electrons. The third kappa shape index (κ3) is 0.506. The summed E-state index contributed by atoms with van der Waals surface area (Å²) in [5.41, 5.74) is 8.16. The van der Waals surface area contributed by atoms with Crippen LogP contribution in [0.15, 0.2) is 18.2 Å². The maximum absolute atomic E-state index is 10.8. The Hall–Kier alpha value is -1.31. The lowest BCUT2D eigenvalue weighted by molar-refractivity contribution is 0.0968. The molecule has 0 heterocycles. The van der Waals surface area contributed by atoms with E-state index in [4.69, 9.17) is 5.73 Å². The van der Waals surface area contributed by atoms with Gasteiger partial charge in [-0.05, 0) is 11.6 Å². The van der Waals surface area contributed by atoms with Gasteiger partial charge in [-0.15, -0.1) is 0 Å². The van der Waals surface area contributed by atoms with Crippen molar-refractivity contribution in [3.63, 3.8) is 0 Å². The Labute approximate surface area is 58.7 Å².